The predicted molar refractivity (Wildman–Crippen MR) is 178 cm³/mol. The molecule has 0 aromatic rings. The Morgan fingerprint density at radius 1 is 0.366 bits per heavy atom. The van der Waals surface area contributed by atoms with E-state index in [4.69, 9.17) is 4.74 Å². The summed E-state index contributed by atoms with van der Waals surface area (Å²) in [6, 6.07) is 0. The van der Waals surface area contributed by atoms with Crippen LogP contribution in [0.2, 0.25) is 0 Å². The van der Waals surface area contributed by atoms with E-state index in [2.05, 4.69) is 13.8 Å². The van der Waals surface area contributed by atoms with Crippen LogP contribution in [0, 0.1) is 0 Å². The summed E-state index contributed by atoms with van der Waals surface area (Å²) in [5.74, 6) is -0.647. The first kappa shape index (κ1) is 46.0. The number of rotatable bonds is 32. The second-order valence-corrected chi connectivity index (χ2v) is 12.2. The van der Waals surface area contributed by atoms with E-state index in [1.807, 2.05) is 0 Å². The summed E-state index contributed by atoms with van der Waals surface area (Å²) in [6.45, 7) is 4.55. The molecule has 0 rings (SSSR count). The Kier molecular flexibility index (Phi) is 45.4. The Labute approximate surface area is 289 Å². The summed E-state index contributed by atoms with van der Waals surface area (Å²) in [5.41, 5.74) is 0. The van der Waals surface area contributed by atoms with Gasteiger partial charge in [-0.2, -0.15) is 0 Å². The van der Waals surface area contributed by atoms with Gasteiger partial charge in [0.25, 0.3) is 0 Å². The van der Waals surface area contributed by atoms with Crippen molar-refractivity contribution in [3.05, 3.63) is 0 Å². The number of carbonyl (C=O) groups is 2. The van der Waals surface area contributed by atoms with E-state index >= 15 is 0 Å². The number of hydrogen-bond acceptors (Lipinski definition) is 3. The summed E-state index contributed by atoms with van der Waals surface area (Å²) in [7, 11) is 0. The average molecular weight is 643 g/mol. The van der Waals surface area contributed by atoms with Gasteiger partial charge >= 0.3 is 35.0 Å². The Bertz CT molecular complexity index is 483. The molecule has 238 valence electrons. The summed E-state index contributed by atoms with van der Waals surface area (Å²) < 4.78 is 5.01. The summed E-state index contributed by atoms with van der Waals surface area (Å²) in [4.78, 5) is 23.8. The van der Waals surface area contributed by atoms with Gasteiger partial charge in [0.2, 0.25) is 0 Å². The minimum Gasteiger partial charge on any atom is -1.00 e. The van der Waals surface area contributed by atoms with Crippen LogP contribution in [0.4, 0.5) is 0 Å². The van der Waals surface area contributed by atoms with Crippen LogP contribution in [-0.2, 0) is 33.8 Å². The Balaban J connectivity index is -0.00000120. The van der Waals surface area contributed by atoms with E-state index in [9.17, 15) is 9.59 Å². The maximum Gasteiger partial charge on any atom is 2.00 e. The summed E-state index contributed by atoms with van der Waals surface area (Å²) >= 11 is 0. The third kappa shape index (κ3) is 40.5. The van der Waals surface area contributed by atoms with Crippen LogP contribution >= 0.6 is 0 Å². The molecule has 0 saturated carbocycles. The molecule has 0 aliphatic heterocycles. The van der Waals surface area contributed by atoms with E-state index < -0.39 is 0 Å². The van der Waals surface area contributed by atoms with Gasteiger partial charge in [0, 0.05) is 32.3 Å². The molecule has 0 aliphatic carbocycles. The minimum absolute atomic E-state index is 0. The maximum atomic E-state index is 11.9. The van der Waals surface area contributed by atoms with Crippen molar-refractivity contribution in [2.75, 3.05) is 0 Å². The third-order valence-corrected chi connectivity index (χ3v) is 8.20. The molecule has 0 radical (unpaired) electrons. The van der Waals surface area contributed by atoms with Gasteiger partial charge in [0.1, 0.15) is 0 Å². The van der Waals surface area contributed by atoms with Gasteiger partial charge in [-0.05, 0) is 12.8 Å². The standard InChI is InChI=1S/C36H70O3.Mg.Zn.2H/c1-3-5-7-9-11-13-15-17-19-21-23-25-27-29-31-33-35(37)39-36(38)34-32-30-28-26-24-22-20-18-16-14-12-10-8-6-4-2;;;;/h3-34H2,1-2H3;;;;/q;+2;;2*-1. The molecule has 0 aromatic heterocycles. The molecule has 0 amide bonds. The number of ether oxygens (including phenoxy) is 1. The molecule has 41 heavy (non-hydrogen) atoms. The zero-order valence-corrected chi connectivity index (χ0v) is 32.6. The van der Waals surface area contributed by atoms with Crippen LogP contribution in [-0.4, -0.2) is 35.0 Å². The molecule has 0 heterocycles. The van der Waals surface area contributed by atoms with Crippen molar-refractivity contribution in [3.8, 4) is 0 Å². The van der Waals surface area contributed by atoms with Crippen molar-refractivity contribution in [1.29, 1.82) is 0 Å². The van der Waals surface area contributed by atoms with Crippen LogP contribution < -0.4 is 0 Å². The molecule has 3 nitrogen and oxygen atoms in total. The number of carbonyl (C=O) groups excluding carboxylic acids is 2. The van der Waals surface area contributed by atoms with Gasteiger partial charge < -0.3 is 7.59 Å². The molecule has 0 spiro atoms. The molecule has 0 atom stereocenters. The van der Waals surface area contributed by atoms with Crippen molar-refractivity contribution < 1.29 is 36.7 Å². The fraction of sp³-hybridized carbons (Fsp3) is 0.944. The molecule has 5 heteroatoms. The predicted octanol–water partition coefficient (Wildman–Crippen LogP) is 12.4. The molecule has 0 aliphatic rings. The molecule has 0 bridgehead atoms. The van der Waals surface area contributed by atoms with E-state index in [1.165, 1.54) is 167 Å². The second kappa shape index (κ2) is 40.5. The largest absolute Gasteiger partial charge is 2.00 e. The monoisotopic (exact) mass is 640 g/mol. The molecular weight excluding hydrogens is 570 g/mol. The van der Waals surface area contributed by atoms with Gasteiger partial charge in [-0.15, -0.1) is 0 Å². The van der Waals surface area contributed by atoms with Gasteiger partial charge in [-0.3, -0.25) is 9.59 Å². The first-order chi connectivity index (χ1) is 19.2. The molecule has 0 unspecified atom stereocenters. The Morgan fingerprint density at radius 2 is 0.537 bits per heavy atom. The van der Waals surface area contributed by atoms with Crippen LogP contribution in [0.25, 0.3) is 0 Å². The first-order valence-electron chi connectivity index (χ1n) is 17.9. The fourth-order valence-electron chi connectivity index (χ4n) is 5.51. The van der Waals surface area contributed by atoms with E-state index in [0.717, 1.165) is 25.7 Å². The van der Waals surface area contributed by atoms with Gasteiger partial charge in [0.05, 0.1) is 0 Å². The SMILES string of the molecule is CCCCCCCCCCCCCCCCCC(=O)OC(=O)CCCCCCCCCCCCCCCCC.[H-].[H-].[Mg+2].[Zn]. The molecule has 0 saturated heterocycles. The Hall–Kier alpha value is 0.530. The normalized spacial score (nSPS) is 10.7. The molecule has 0 fully saturated rings. The van der Waals surface area contributed by atoms with Gasteiger partial charge in [-0.25, -0.2) is 0 Å². The molecular formula is C36H72MgO3Zn. The number of hydrogen-bond donors (Lipinski definition) is 0. The maximum absolute atomic E-state index is 11.9. The zero-order chi connectivity index (χ0) is 28.5. The van der Waals surface area contributed by atoms with E-state index in [0.29, 0.717) is 12.8 Å². The molecule has 0 aromatic carbocycles. The topological polar surface area (TPSA) is 43.4 Å². The summed E-state index contributed by atoms with van der Waals surface area (Å²) in [5, 5.41) is 0. The average Bonchev–Trinajstić information content (AvgIpc) is 2.93. The summed E-state index contributed by atoms with van der Waals surface area (Å²) in [6.07, 6.45) is 40.1. The van der Waals surface area contributed by atoms with Crippen LogP contribution in [0.3, 0.4) is 0 Å². The Morgan fingerprint density at radius 3 is 0.732 bits per heavy atom. The van der Waals surface area contributed by atoms with Crippen molar-refractivity contribution in [2.45, 2.75) is 219 Å². The van der Waals surface area contributed by atoms with Crippen molar-refractivity contribution in [3.63, 3.8) is 0 Å². The van der Waals surface area contributed by atoms with E-state index in [-0.39, 0.29) is 57.3 Å². The molecule has 0 N–H and O–H groups in total. The third-order valence-electron chi connectivity index (χ3n) is 8.20. The second-order valence-electron chi connectivity index (χ2n) is 12.2. The quantitative estimate of drug-likeness (QED) is 0.0317. The minimum atomic E-state index is -0.323. The zero-order valence-electron chi connectivity index (χ0n) is 30.3. The van der Waals surface area contributed by atoms with Crippen LogP contribution in [0.5, 0.6) is 0 Å². The smallest absolute Gasteiger partial charge is 1.00 e. The first-order valence-corrected chi connectivity index (χ1v) is 17.9. The van der Waals surface area contributed by atoms with E-state index in [1.54, 1.807) is 0 Å². The van der Waals surface area contributed by atoms with Gasteiger partial charge in [0.15, 0.2) is 0 Å². The van der Waals surface area contributed by atoms with Gasteiger partial charge in [-0.1, -0.05) is 194 Å². The fourth-order valence-corrected chi connectivity index (χ4v) is 5.51. The van der Waals surface area contributed by atoms with Crippen LogP contribution in [0.1, 0.15) is 222 Å². The van der Waals surface area contributed by atoms with Crippen molar-refractivity contribution in [1.82, 2.24) is 0 Å². The number of esters is 2. The number of unbranched alkanes of at least 4 members (excludes halogenated alkanes) is 28. The van der Waals surface area contributed by atoms with Crippen molar-refractivity contribution >= 4 is 35.0 Å². The van der Waals surface area contributed by atoms with Crippen molar-refractivity contribution in [2.24, 2.45) is 0 Å². The van der Waals surface area contributed by atoms with Crippen LogP contribution in [0.15, 0.2) is 0 Å².